The number of amides is 2. The number of carbonyl (C=O) groups excluding carboxylic acids is 2. The zero-order valence-corrected chi connectivity index (χ0v) is 14.0. The molecule has 0 aromatic carbocycles. The second-order valence-electron chi connectivity index (χ2n) is 5.84. The maximum Gasteiger partial charge on any atom is 0.289 e. The maximum absolute atomic E-state index is 12.4. The molecule has 0 bridgehead atoms. The van der Waals surface area contributed by atoms with E-state index >= 15 is 0 Å². The first-order valence-corrected chi connectivity index (χ1v) is 8.38. The zero-order chi connectivity index (χ0) is 16.6. The Morgan fingerprint density at radius 2 is 2.17 bits per heavy atom. The van der Waals surface area contributed by atoms with Crippen LogP contribution in [0.15, 0.2) is 16.5 Å². The van der Waals surface area contributed by atoms with Crippen molar-refractivity contribution in [1.82, 2.24) is 9.88 Å². The molecule has 2 amide bonds. The molecular weight excluding hydrogens is 314 g/mol. The molecule has 0 aliphatic heterocycles. The number of aromatic nitrogens is 1. The lowest BCUT2D eigenvalue weighted by Crippen LogP contribution is -2.32. The fraction of sp³-hybridized carbons (Fsp3) is 0.438. The summed E-state index contributed by atoms with van der Waals surface area (Å²) in [5.74, 6) is -0.551. The number of fused-ring (bicyclic) bond motifs is 1. The zero-order valence-electron chi connectivity index (χ0n) is 13.2. The largest absolute Gasteiger partial charge is 0.446 e. The van der Waals surface area contributed by atoms with Crippen molar-refractivity contribution in [2.45, 2.75) is 32.1 Å². The third-order valence-electron chi connectivity index (χ3n) is 4.08. The lowest BCUT2D eigenvalue weighted by molar-refractivity contribution is 0.0748. The minimum Gasteiger partial charge on any atom is -0.446 e. The minimum atomic E-state index is -0.679. The topological polar surface area (TPSA) is 89.4 Å². The monoisotopic (exact) mass is 333 g/mol. The van der Waals surface area contributed by atoms with E-state index in [2.05, 4.69) is 4.98 Å². The Kier molecular flexibility index (Phi) is 4.21. The predicted octanol–water partition coefficient (Wildman–Crippen LogP) is 2.34. The molecule has 1 aliphatic rings. The highest BCUT2D eigenvalue weighted by atomic mass is 32.1. The van der Waals surface area contributed by atoms with Crippen LogP contribution in [-0.4, -0.2) is 35.3 Å². The van der Waals surface area contributed by atoms with Crippen molar-refractivity contribution < 1.29 is 14.0 Å². The number of furan rings is 1. The number of hydrogen-bond donors (Lipinski definition) is 1. The molecule has 3 rings (SSSR count). The average Bonchev–Trinajstić information content (AvgIpc) is 3.12. The van der Waals surface area contributed by atoms with Crippen LogP contribution in [0, 0.1) is 6.92 Å². The fourth-order valence-corrected chi connectivity index (χ4v) is 4.06. The maximum atomic E-state index is 12.4. The van der Waals surface area contributed by atoms with Crippen LogP contribution in [0.1, 0.15) is 55.4 Å². The van der Waals surface area contributed by atoms with E-state index in [1.165, 1.54) is 17.0 Å². The van der Waals surface area contributed by atoms with Gasteiger partial charge in [-0.1, -0.05) is 0 Å². The summed E-state index contributed by atoms with van der Waals surface area (Å²) in [5.41, 5.74) is 6.28. The fourth-order valence-electron chi connectivity index (χ4n) is 2.99. The van der Waals surface area contributed by atoms with E-state index in [1.807, 2.05) is 6.92 Å². The van der Waals surface area contributed by atoms with E-state index in [9.17, 15) is 9.59 Å². The van der Waals surface area contributed by atoms with Gasteiger partial charge in [-0.05, 0) is 38.3 Å². The molecule has 0 saturated heterocycles. The van der Waals surface area contributed by atoms with Crippen LogP contribution in [0.25, 0.3) is 0 Å². The van der Waals surface area contributed by atoms with Crippen LogP contribution in [0.2, 0.25) is 0 Å². The van der Waals surface area contributed by atoms with Gasteiger partial charge in [-0.2, -0.15) is 0 Å². The van der Waals surface area contributed by atoms with Crippen molar-refractivity contribution in [3.63, 3.8) is 0 Å². The Bertz CT molecular complexity index is 750. The normalized spacial score (nSPS) is 16.9. The van der Waals surface area contributed by atoms with Gasteiger partial charge >= 0.3 is 0 Å². The van der Waals surface area contributed by atoms with Crippen molar-refractivity contribution in [1.29, 1.82) is 0 Å². The van der Waals surface area contributed by atoms with Crippen molar-refractivity contribution in [2.24, 2.45) is 5.73 Å². The predicted molar refractivity (Wildman–Crippen MR) is 86.7 cm³/mol. The molecule has 1 atom stereocenters. The lowest BCUT2D eigenvalue weighted by Gasteiger charge is -2.26. The number of nitrogens with two attached hydrogens (primary N) is 1. The van der Waals surface area contributed by atoms with Crippen molar-refractivity contribution in [3.05, 3.63) is 39.2 Å². The van der Waals surface area contributed by atoms with Gasteiger partial charge in [-0.15, -0.1) is 11.3 Å². The van der Waals surface area contributed by atoms with Gasteiger partial charge in [0.15, 0.2) is 11.5 Å². The molecular formula is C16H19N3O3S. The molecule has 23 heavy (non-hydrogen) atoms. The van der Waals surface area contributed by atoms with Gasteiger partial charge in [-0.3, -0.25) is 9.59 Å². The third-order valence-corrected chi connectivity index (χ3v) is 5.12. The number of aryl methyl sites for hydroxylation is 2. The molecule has 0 fully saturated rings. The molecule has 0 saturated carbocycles. The van der Waals surface area contributed by atoms with Gasteiger partial charge < -0.3 is 15.1 Å². The van der Waals surface area contributed by atoms with Crippen LogP contribution < -0.4 is 5.73 Å². The van der Waals surface area contributed by atoms with Crippen LogP contribution in [-0.2, 0) is 6.42 Å². The summed E-state index contributed by atoms with van der Waals surface area (Å²) in [7, 11) is 1.74. The Balaban J connectivity index is 1.72. The molecule has 0 radical (unpaired) electrons. The van der Waals surface area contributed by atoms with Crippen LogP contribution in [0.4, 0.5) is 0 Å². The molecule has 6 nitrogen and oxygen atoms in total. The van der Waals surface area contributed by atoms with E-state index in [0.29, 0.717) is 6.54 Å². The Morgan fingerprint density at radius 3 is 2.87 bits per heavy atom. The SMILES string of the molecule is Cc1nc2c(s1)CCC[C@@H]2CN(C)C(=O)c1ccc(C(N)=O)o1. The second-order valence-corrected chi connectivity index (χ2v) is 7.13. The molecule has 1 aliphatic carbocycles. The van der Waals surface area contributed by atoms with Crippen LogP contribution >= 0.6 is 11.3 Å². The number of carbonyl (C=O) groups is 2. The molecule has 7 heteroatoms. The second kappa shape index (κ2) is 6.16. The summed E-state index contributed by atoms with van der Waals surface area (Å²) in [6, 6.07) is 2.91. The summed E-state index contributed by atoms with van der Waals surface area (Å²) in [6.07, 6.45) is 3.22. The molecule has 122 valence electrons. The van der Waals surface area contributed by atoms with E-state index in [-0.39, 0.29) is 23.3 Å². The minimum absolute atomic E-state index is 0.00294. The summed E-state index contributed by atoms with van der Waals surface area (Å²) in [5, 5.41) is 1.08. The number of hydrogen-bond acceptors (Lipinski definition) is 5. The third kappa shape index (κ3) is 3.14. The molecule has 0 spiro atoms. The average molecular weight is 333 g/mol. The number of rotatable bonds is 4. The van der Waals surface area contributed by atoms with Crippen molar-refractivity contribution >= 4 is 23.2 Å². The number of nitrogens with zero attached hydrogens (tertiary/aromatic N) is 2. The highest BCUT2D eigenvalue weighted by molar-refractivity contribution is 7.11. The Morgan fingerprint density at radius 1 is 1.43 bits per heavy atom. The van der Waals surface area contributed by atoms with E-state index in [1.54, 1.807) is 23.3 Å². The summed E-state index contributed by atoms with van der Waals surface area (Å²) in [4.78, 5) is 31.1. The highest BCUT2D eigenvalue weighted by Gasteiger charge is 2.27. The first kappa shape index (κ1) is 15.7. The molecule has 2 aromatic heterocycles. The van der Waals surface area contributed by atoms with Gasteiger partial charge in [0.25, 0.3) is 11.8 Å². The number of likely N-dealkylation sites (N-methyl/N-ethyl adjacent to an activating group) is 1. The summed E-state index contributed by atoms with van der Waals surface area (Å²) < 4.78 is 5.21. The summed E-state index contributed by atoms with van der Waals surface area (Å²) >= 11 is 1.75. The molecule has 2 aromatic rings. The lowest BCUT2D eigenvalue weighted by atomic mass is 9.90. The Hall–Kier alpha value is -2.15. The Labute approximate surface area is 138 Å². The van der Waals surface area contributed by atoms with Crippen molar-refractivity contribution in [3.8, 4) is 0 Å². The molecule has 2 N–H and O–H groups in total. The molecule has 2 heterocycles. The van der Waals surface area contributed by atoms with Gasteiger partial charge in [0.05, 0.1) is 10.7 Å². The van der Waals surface area contributed by atoms with Gasteiger partial charge in [0, 0.05) is 24.4 Å². The van der Waals surface area contributed by atoms with Gasteiger partial charge in [0.2, 0.25) is 0 Å². The van der Waals surface area contributed by atoms with E-state index in [4.69, 9.17) is 10.2 Å². The van der Waals surface area contributed by atoms with E-state index in [0.717, 1.165) is 30.0 Å². The van der Waals surface area contributed by atoms with Crippen molar-refractivity contribution in [2.75, 3.05) is 13.6 Å². The molecule has 0 unspecified atom stereocenters. The van der Waals surface area contributed by atoms with Gasteiger partial charge in [0.1, 0.15) is 0 Å². The highest BCUT2D eigenvalue weighted by Crippen LogP contribution is 2.35. The van der Waals surface area contributed by atoms with Crippen LogP contribution in [0.3, 0.4) is 0 Å². The first-order valence-electron chi connectivity index (χ1n) is 7.57. The van der Waals surface area contributed by atoms with Gasteiger partial charge in [-0.25, -0.2) is 4.98 Å². The number of primary amides is 1. The first-order chi connectivity index (χ1) is 11.0. The standard InChI is InChI=1S/C16H19N3O3S/c1-9-18-14-10(4-3-5-13(14)23-9)8-19(2)16(21)12-7-6-11(22-12)15(17)20/h6-7,10H,3-5,8H2,1-2H3,(H2,17,20)/t10-/m1/s1. The van der Waals surface area contributed by atoms with E-state index < -0.39 is 5.91 Å². The number of thiazole rings is 1. The summed E-state index contributed by atoms with van der Waals surface area (Å²) in [6.45, 7) is 2.60. The quantitative estimate of drug-likeness (QED) is 0.930. The van der Waals surface area contributed by atoms with Crippen LogP contribution in [0.5, 0.6) is 0 Å². The smallest absolute Gasteiger partial charge is 0.289 e.